The van der Waals surface area contributed by atoms with Gasteiger partial charge in [0.05, 0.1) is 0 Å². The molecule has 1 aliphatic carbocycles. The molecule has 1 amide bonds. The Morgan fingerprint density at radius 1 is 1.26 bits per heavy atom. The molecular weight excluding hydrogens is 362 g/mol. The van der Waals surface area contributed by atoms with Gasteiger partial charge in [0.15, 0.2) is 6.29 Å². The summed E-state index contributed by atoms with van der Waals surface area (Å²) in [5.74, 6) is 0.802. The maximum Gasteiger partial charge on any atom is 0.220 e. The van der Waals surface area contributed by atoms with Gasteiger partial charge in [-0.3, -0.25) is 4.79 Å². The summed E-state index contributed by atoms with van der Waals surface area (Å²) < 4.78 is 11.6. The summed E-state index contributed by atoms with van der Waals surface area (Å²) in [4.78, 5) is 11.8. The van der Waals surface area contributed by atoms with Crippen LogP contribution in [0.5, 0.6) is 0 Å². The third-order valence-corrected chi connectivity index (χ3v) is 6.65. The smallest absolute Gasteiger partial charge is 0.220 e. The molecule has 4 rings (SSSR count). The minimum absolute atomic E-state index is 0.0342. The van der Waals surface area contributed by atoms with E-state index in [1.165, 1.54) is 30.4 Å². The van der Waals surface area contributed by atoms with Crippen molar-refractivity contribution < 1.29 is 14.3 Å². The summed E-state index contributed by atoms with van der Waals surface area (Å²) in [5, 5.41) is 3.97. The number of hydrogen-bond acceptors (Lipinski definition) is 3. The number of nitrogens with one attached hydrogen (secondary N) is 1. The zero-order chi connectivity index (χ0) is 18.7. The first kappa shape index (κ1) is 19.2. The standard InChI is InChI=1S/C22H30ClNO3/c23-19-14-17(7-8-18(19)16-5-6-16)22(11-9-20(25)24-15-22)10-3-13-27-21-4-1-2-12-26-21/h7-8,14,16,21H,1-6,9-13,15H2,(H,24,25). The van der Waals surface area contributed by atoms with Gasteiger partial charge >= 0.3 is 0 Å². The Morgan fingerprint density at radius 2 is 2.15 bits per heavy atom. The van der Waals surface area contributed by atoms with E-state index in [1.807, 2.05) is 0 Å². The van der Waals surface area contributed by atoms with E-state index in [0.29, 0.717) is 25.5 Å². The van der Waals surface area contributed by atoms with Crippen molar-refractivity contribution >= 4 is 17.5 Å². The van der Waals surface area contributed by atoms with Crippen LogP contribution in [0, 0.1) is 0 Å². The third kappa shape index (κ3) is 4.67. The van der Waals surface area contributed by atoms with Crippen molar-refractivity contribution in [2.24, 2.45) is 0 Å². The van der Waals surface area contributed by atoms with Crippen LogP contribution in [-0.2, 0) is 19.7 Å². The number of hydrogen-bond donors (Lipinski definition) is 1. The van der Waals surface area contributed by atoms with Crippen LogP contribution in [0.1, 0.15) is 74.8 Å². The molecule has 1 aromatic carbocycles. The minimum Gasteiger partial charge on any atom is -0.355 e. The average Bonchev–Trinajstić information content (AvgIpc) is 3.53. The SMILES string of the molecule is O=C1CCC(CCCOC2CCCCO2)(c2ccc(C3CC3)c(Cl)c2)CN1. The van der Waals surface area contributed by atoms with E-state index in [0.717, 1.165) is 43.7 Å². The molecule has 2 unspecified atom stereocenters. The van der Waals surface area contributed by atoms with Gasteiger partial charge in [-0.1, -0.05) is 23.7 Å². The Balaban J connectivity index is 1.41. The lowest BCUT2D eigenvalue weighted by Gasteiger charge is -2.38. The number of carbonyl (C=O) groups excluding carboxylic acids is 1. The largest absolute Gasteiger partial charge is 0.355 e. The molecule has 2 heterocycles. The number of benzene rings is 1. The van der Waals surface area contributed by atoms with Gasteiger partial charge in [-0.25, -0.2) is 0 Å². The average molecular weight is 392 g/mol. The first-order valence-electron chi connectivity index (χ1n) is 10.5. The van der Waals surface area contributed by atoms with Crippen molar-refractivity contribution in [3.8, 4) is 0 Å². The Morgan fingerprint density at radius 3 is 2.81 bits per heavy atom. The Hall–Kier alpha value is -1.10. The maximum absolute atomic E-state index is 11.8. The third-order valence-electron chi connectivity index (χ3n) is 6.33. The summed E-state index contributed by atoms with van der Waals surface area (Å²) in [6.07, 6.45) is 9.19. The highest BCUT2D eigenvalue weighted by Gasteiger charge is 2.37. The van der Waals surface area contributed by atoms with Crippen molar-refractivity contribution in [2.75, 3.05) is 19.8 Å². The number of piperidine rings is 1. The fraction of sp³-hybridized carbons (Fsp3) is 0.682. The fourth-order valence-corrected chi connectivity index (χ4v) is 4.79. The zero-order valence-corrected chi connectivity index (χ0v) is 16.7. The van der Waals surface area contributed by atoms with Crippen LogP contribution in [0.4, 0.5) is 0 Å². The molecule has 0 aromatic heterocycles. The van der Waals surface area contributed by atoms with Crippen LogP contribution < -0.4 is 5.32 Å². The molecule has 2 saturated heterocycles. The van der Waals surface area contributed by atoms with E-state index < -0.39 is 0 Å². The van der Waals surface area contributed by atoms with Crippen molar-refractivity contribution in [3.05, 3.63) is 34.3 Å². The van der Waals surface area contributed by atoms with Crippen molar-refractivity contribution in [2.45, 2.75) is 75.4 Å². The molecule has 3 aliphatic rings. The van der Waals surface area contributed by atoms with E-state index in [2.05, 4.69) is 23.5 Å². The Kier molecular flexibility index (Phi) is 6.05. The zero-order valence-electron chi connectivity index (χ0n) is 16.0. The van der Waals surface area contributed by atoms with E-state index in [-0.39, 0.29) is 17.6 Å². The maximum atomic E-state index is 11.8. The summed E-state index contributed by atoms with van der Waals surface area (Å²) in [6, 6.07) is 6.60. The van der Waals surface area contributed by atoms with Gasteiger partial charge in [-0.2, -0.15) is 0 Å². The molecule has 0 radical (unpaired) electrons. The molecule has 5 heteroatoms. The van der Waals surface area contributed by atoms with Gasteiger partial charge in [0.25, 0.3) is 0 Å². The second-order valence-electron chi connectivity index (χ2n) is 8.34. The molecule has 148 valence electrons. The second-order valence-corrected chi connectivity index (χ2v) is 8.75. The van der Waals surface area contributed by atoms with Gasteiger partial charge < -0.3 is 14.8 Å². The molecule has 4 nitrogen and oxygen atoms in total. The summed E-state index contributed by atoms with van der Waals surface area (Å²) in [5.41, 5.74) is 2.50. The second kappa shape index (κ2) is 8.50. The first-order valence-corrected chi connectivity index (χ1v) is 10.8. The molecule has 1 aromatic rings. The van der Waals surface area contributed by atoms with Crippen molar-refractivity contribution in [3.63, 3.8) is 0 Å². The van der Waals surface area contributed by atoms with Crippen LogP contribution in [0.25, 0.3) is 0 Å². The van der Waals surface area contributed by atoms with Gasteiger partial charge in [-0.15, -0.1) is 0 Å². The van der Waals surface area contributed by atoms with E-state index in [1.54, 1.807) is 0 Å². The Bertz CT molecular complexity index is 658. The molecule has 1 N–H and O–H groups in total. The van der Waals surface area contributed by atoms with Crippen LogP contribution in [0.2, 0.25) is 5.02 Å². The predicted octanol–water partition coefficient (Wildman–Crippen LogP) is 4.69. The summed E-state index contributed by atoms with van der Waals surface area (Å²) >= 11 is 6.61. The molecule has 2 atom stereocenters. The highest BCUT2D eigenvalue weighted by molar-refractivity contribution is 6.31. The lowest BCUT2D eigenvalue weighted by molar-refractivity contribution is -0.163. The van der Waals surface area contributed by atoms with E-state index in [4.69, 9.17) is 21.1 Å². The molecule has 0 bridgehead atoms. The topological polar surface area (TPSA) is 47.6 Å². The number of amides is 1. The molecule has 2 aliphatic heterocycles. The number of carbonyl (C=O) groups is 1. The highest BCUT2D eigenvalue weighted by atomic mass is 35.5. The van der Waals surface area contributed by atoms with Crippen LogP contribution in [0.3, 0.4) is 0 Å². The monoisotopic (exact) mass is 391 g/mol. The van der Waals surface area contributed by atoms with Crippen molar-refractivity contribution in [1.82, 2.24) is 5.32 Å². The predicted molar refractivity (Wildman–Crippen MR) is 106 cm³/mol. The molecule has 0 spiro atoms. The minimum atomic E-state index is -0.0452. The van der Waals surface area contributed by atoms with Crippen LogP contribution >= 0.6 is 11.6 Å². The summed E-state index contributed by atoms with van der Waals surface area (Å²) in [7, 11) is 0. The lowest BCUT2D eigenvalue weighted by Crippen LogP contribution is -2.46. The van der Waals surface area contributed by atoms with Crippen LogP contribution in [-0.4, -0.2) is 32.0 Å². The fourth-order valence-electron chi connectivity index (χ4n) is 4.45. The summed E-state index contributed by atoms with van der Waals surface area (Å²) in [6.45, 7) is 2.20. The van der Waals surface area contributed by atoms with E-state index >= 15 is 0 Å². The normalized spacial score (nSPS) is 28.8. The molecule has 27 heavy (non-hydrogen) atoms. The van der Waals surface area contributed by atoms with Crippen molar-refractivity contribution in [1.29, 1.82) is 0 Å². The van der Waals surface area contributed by atoms with Gasteiger partial charge in [0, 0.05) is 36.6 Å². The Labute approximate surface area is 166 Å². The van der Waals surface area contributed by atoms with Gasteiger partial charge in [0.1, 0.15) is 0 Å². The molecular formula is C22H30ClNO3. The lowest BCUT2D eigenvalue weighted by atomic mass is 9.71. The highest BCUT2D eigenvalue weighted by Crippen LogP contribution is 2.45. The molecule has 3 fully saturated rings. The quantitative estimate of drug-likeness (QED) is 0.686. The molecule has 1 saturated carbocycles. The number of rotatable bonds is 7. The van der Waals surface area contributed by atoms with Gasteiger partial charge in [-0.05, 0) is 74.5 Å². The first-order chi connectivity index (χ1) is 13.2. The number of halogens is 1. The number of ether oxygens (including phenoxy) is 2. The van der Waals surface area contributed by atoms with E-state index in [9.17, 15) is 4.79 Å². The van der Waals surface area contributed by atoms with Crippen LogP contribution in [0.15, 0.2) is 18.2 Å². The van der Waals surface area contributed by atoms with Gasteiger partial charge in [0.2, 0.25) is 5.91 Å².